The Hall–Kier alpha value is -1.86. The summed E-state index contributed by atoms with van der Waals surface area (Å²) < 4.78 is 10.7. The van der Waals surface area contributed by atoms with Crippen molar-refractivity contribution in [2.45, 2.75) is 11.3 Å². The smallest absolute Gasteiger partial charge is 0.328 e. The minimum Gasteiger partial charge on any atom is -0.493 e. The van der Waals surface area contributed by atoms with Crippen LogP contribution in [0.25, 0.3) is 6.08 Å². The van der Waals surface area contributed by atoms with E-state index in [0.29, 0.717) is 6.61 Å². The third-order valence-corrected chi connectivity index (χ3v) is 4.27. The molecule has 0 aliphatic heterocycles. The minimum atomic E-state index is -0.959. The monoisotopic (exact) mass is 322 g/mol. The van der Waals surface area contributed by atoms with Crippen molar-refractivity contribution in [2.24, 2.45) is 0 Å². The van der Waals surface area contributed by atoms with Crippen molar-refractivity contribution in [2.75, 3.05) is 12.4 Å². The first kappa shape index (κ1) is 15.5. The number of nitrogens with zero attached hydrogens (tertiary/aromatic N) is 2. The summed E-state index contributed by atoms with van der Waals surface area (Å²) in [4.78, 5) is 14.7. The molecule has 0 aliphatic carbocycles. The molecule has 0 unspecified atom stereocenters. The van der Waals surface area contributed by atoms with Crippen LogP contribution in [0.1, 0.15) is 11.4 Å². The van der Waals surface area contributed by atoms with Gasteiger partial charge in [-0.15, -0.1) is 0 Å². The highest BCUT2D eigenvalue weighted by Crippen LogP contribution is 2.20. The van der Waals surface area contributed by atoms with Crippen LogP contribution in [0.2, 0.25) is 0 Å². The van der Waals surface area contributed by atoms with Gasteiger partial charge in [0.2, 0.25) is 0 Å². The van der Waals surface area contributed by atoms with E-state index in [1.807, 2.05) is 31.2 Å². The zero-order valence-electron chi connectivity index (χ0n) is 11.4. The van der Waals surface area contributed by atoms with Gasteiger partial charge in [0, 0.05) is 11.8 Å². The molecule has 0 saturated heterocycles. The second-order valence-corrected chi connectivity index (χ2v) is 6.14. The summed E-state index contributed by atoms with van der Waals surface area (Å²) in [5.74, 6) is 1.40. The first-order valence-electron chi connectivity index (χ1n) is 6.20. The van der Waals surface area contributed by atoms with Crippen molar-refractivity contribution in [3.05, 3.63) is 41.7 Å². The fourth-order valence-corrected chi connectivity index (χ4v) is 3.00. The molecular weight excluding hydrogens is 308 g/mol. The number of aryl methyl sites for hydroxylation is 1. The molecular formula is C14H14N2O3S2. The van der Waals surface area contributed by atoms with Crippen molar-refractivity contribution >= 4 is 35.3 Å². The third-order valence-electron chi connectivity index (χ3n) is 2.38. The summed E-state index contributed by atoms with van der Waals surface area (Å²) in [6.45, 7) is 2.45. The van der Waals surface area contributed by atoms with Gasteiger partial charge in [-0.25, -0.2) is 9.78 Å². The number of thioether (sulfide) groups is 1. The Balaban J connectivity index is 1.74. The molecule has 2 aromatic rings. The highest BCUT2D eigenvalue weighted by molar-refractivity contribution is 8.00. The first-order valence-corrected chi connectivity index (χ1v) is 7.96. The Kier molecular flexibility index (Phi) is 5.77. The highest BCUT2D eigenvalue weighted by Gasteiger charge is 2.01. The fraction of sp³-hybridized carbons (Fsp3) is 0.214. The van der Waals surface area contributed by atoms with Gasteiger partial charge in [-0.3, -0.25) is 0 Å². The van der Waals surface area contributed by atoms with Crippen molar-refractivity contribution in [1.29, 1.82) is 0 Å². The van der Waals surface area contributed by atoms with E-state index in [1.165, 1.54) is 11.5 Å². The van der Waals surface area contributed by atoms with Crippen LogP contribution < -0.4 is 4.74 Å². The van der Waals surface area contributed by atoms with Gasteiger partial charge >= 0.3 is 5.97 Å². The second kappa shape index (κ2) is 7.80. The van der Waals surface area contributed by atoms with Gasteiger partial charge in [-0.1, -0.05) is 23.9 Å². The first-order chi connectivity index (χ1) is 10.1. The topological polar surface area (TPSA) is 72.3 Å². The lowest BCUT2D eigenvalue weighted by molar-refractivity contribution is -0.131. The maximum atomic E-state index is 10.4. The standard InChI is InChI=1S/C14H14N2O3S2/c1-10-15-14(21-16-10)20-9-8-19-12-5-2-11(3-6-12)4-7-13(17)18/h2-7H,8-9H2,1H3,(H,17,18)/b7-4+. The van der Waals surface area contributed by atoms with Gasteiger partial charge in [-0.2, -0.15) is 4.37 Å². The van der Waals surface area contributed by atoms with Gasteiger partial charge in [-0.05, 0) is 42.2 Å². The van der Waals surface area contributed by atoms with Crippen molar-refractivity contribution in [3.63, 3.8) is 0 Å². The van der Waals surface area contributed by atoms with Crippen LogP contribution in [0, 0.1) is 6.92 Å². The molecule has 1 heterocycles. The molecule has 21 heavy (non-hydrogen) atoms. The van der Waals surface area contributed by atoms with Crippen molar-refractivity contribution in [1.82, 2.24) is 9.36 Å². The van der Waals surface area contributed by atoms with Crippen LogP contribution in [0.3, 0.4) is 0 Å². The van der Waals surface area contributed by atoms with Gasteiger partial charge in [0.05, 0.1) is 6.61 Å². The molecule has 0 fully saturated rings. The molecule has 0 bridgehead atoms. The lowest BCUT2D eigenvalue weighted by Crippen LogP contribution is -1.99. The number of hydrogen-bond donors (Lipinski definition) is 1. The number of aromatic nitrogens is 2. The summed E-state index contributed by atoms with van der Waals surface area (Å²) in [6.07, 6.45) is 2.65. The van der Waals surface area contributed by atoms with Gasteiger partial charge in [0.1, 0.15) is 11.6 Å². The predicted octanol–water partition coefficient (Wildman–Crippen LogP) is 3.12. The molecule has 1 N–H and O–H groups in total. The molecule has 0 spiro atoms. The number of aliphatic carboxylic acids is 1. The van der Waals surface area contributed by atoms with Crippen molar-refractivity contribution < 1.29 is 14.6 Å². The Labute approximate surface area is 130 Å². The van der Waals surface area contributed by atoms with Crippen molar-refractivity contribution in [3.8, 4) is 5.75 Å². The van der Waals surface area contributed by atoms with E-state index in [2.05, 4.69) is 9.36 Å². The van der Waals surface area contributed by atoms with Gasteiger partial charge < -0.3 is 9.84 Å². The maximum Gasteiger partial charge on any atom is 0.328 e. The van der Waals surface area contributed by atoms with E-state index < -0.39 is 5.97 Å². The summed E-state index contributed by atoms with van der Waals surface area (Å²) in [6, 6.07) is 7.27. The lowest BCUT2D eigenvalue weighted by atomic mass is 10.2. The van der Waals surface area contributed by atoms with E-state index in [4.69, 9.17) is 9.84 Å². The van der Waals surface area contributed by atoms with Crippen LogP contribution in [-0.2, 0) is 4.79 Å². The molecule has 1 aromatic carbocycles. The molecule has 7 heteroatoms. The van der Waals surface area contributed by atoms with E-state index in [9.17, 15) is 4.79 Å². The highest BCUT2D eigenvalue weighted by atomic mass is 32.2. The molecule has 0 aliphatic rings. The lowest BCUT2D eigenvalue weighted by Gasteiger charge is -2.05. The Bertz CT molecular complexity index is 623. The second-order valence-electron chi connectivity index (χ2n) is 4.05. The van der Waals surface area contributed by atoms with Gasteiger partial charge in [0.25, 0.3) is 0 Å². The zero-order valence-corrected chi connectivity index (χ0v) is 13.0. The Morgan fingerprint density at radius 2 is 2.19 bits per heavy atom. The summed E-state index contributed by atoms with van der Waals surface area (Å²) >= 11 is 3.01. The summed E-state index contributed by atoms with van der Waals surface area (Å²) in [7, 11) is 0. The third kappa shape index (κ3) is 5.57. The van der Waals surface area contributed by atoms with Crippen LogP contribution in [0.5, 0.6) is 5.75 Å². The largest absolute Gasteiger partial charge is 0.493 e. The molecule has 110 valence electrons. The van der Waals surface area contributed by atoms with Crippen LogP contribution in [0.15, 0.2) is 34.7 Å². The minimum absolute atomic E-state index is 0.577. The number of hydrogen-bond acceptors (Lipinski definition) is 6. The Morgan fingerprint density at radius 1 is 1.43 bits per heavy atom. The van der Waals surface area contributed by atoms with E-state index in [-0.39, 0.29) is 0 Å². The number of carboxylic acids is 1. The Morgan fingerprint density at radius 3 is 2.81 bits per heavy atom. The molecule has 0 saturated carbocycles. The zero-order chi connectivity index (χ0) is 15.1. The van der Waals surface area contributed by atoms with Crippen LogP contribution in [-0.4, -0.2) is 32.8 Å². The van der Waals surface area contributed by atoms with E-state index >= 15 is 0 Å². The number of rotatable bonds is 7. The molecule has 2 rings (SSSR count). The molecule has 0 atom stereocenters. The molecule has 0 radical (unpaired) electrons. The van der Waals surface area contributed by atoms with Gasteiger partial charge in [0.15, 0.2) is 4.34 Å². The average molecular weight is 322 g/mol. The normalized spacial score (nSPS) is 10.9. The molecule has 1 aromatic heterocycles. The predicted molar refractivity (Wildman–Crippen MR) is 84.0 cm³/mol. The SMILES string of the molecule is Cc1nsc(SCCOc2ccc(/C=C/C(=O)O)cc2)n1. The number of benzene rings is 1. The maximum absolute atomic E-state index is 10.4. The van der Waals surface area contributed by atoms with Crippen LogP contribution in [0.4, 0.5) is 0 Å². The fourth-order valence-electron chi connectivity index (χ4n) is 1.47. The summed E-state index contributed by atoms with van der Waals surface area (Å²) in [5, 5.41) is 8.55. The summed E-state index contributed by atoms with van der Waals surface area (Å²) in [5.41, 5.74) is 0.823. The van der Waals surface area contributed by atoms with Crippen LogP contribution >= 0.6 is 23.3 Å². The number of carbonyl (C=O) groups is 1. The number of carboxylic acid groups (broad SMARTS) is 1. The molecule has 0 amide bonds. The molecule has 5 nitrogen and oxygen atoms in total. The average Bonchev–Trinajstić information content (AvgIpc) is 2.88. The number of ether oxygens (including phenoxy) is 1. The quantitative estimate of drug-likeness (QED) is 0.480. The van der Waals surface area contributed by atoms with E-state index in [0.717, 1.165) is 33.3 Å². The van der Waals surface area contributed by atoms with E-state index in [1.54, 1.807) is 17.8 Å².